The minimum atomic E-state index is -0.241. The Kier molecular flexibility index (Phi) is 5.53. The van der Waals surface area contributed by atoms with Gasteiger partial charge in [0.15, 0.2) is 5.65 Å². The van der Waals surface area contributed by atoms with Crippen LogP contribution in [0.5, 0.6) is 0 Å². The third-order valence-electron chi connectivity index (χ3n) is 4.25. The summed E-state index contributed by atoms with van der Waals surface area (Å²) in [5, 5.41) is 8.48. The Morgan fingerprint density at radius 3 is 2.62 bits per heavy atom. The molecule has 9 heteroatoms. The summed E-state index contributed by atoms with van der Waals surface area (Å²) in [5.41, 5.74) is 1.75. The molecular weight excluding hydrogens is 359 g/mol. The lowest BCUT2D eigenvalue weighted by molar-refractivity contribution is 0.122. The van der Waals surface area contributed by atoms with Crippen LogP contribution in [0.2, 0.25) is 0 Å². The first-order valence-electron chi connectivity index (χ1n) is 8.21. The summed E-state index contributed by atoms with van der Waals surface area (Å²) in [7, 11) is 1.86. The van der Waals surface area contributed by atoms with Crippen LogP contribution in [0.1, 0.15) is 5.56 Å². The number of fused-ring (bicyclic) bond motifs is 1. The average Bonchev–Trinajstić information content (AvgIpc) is 3.03. The number of nitrogens with zero attached hydrogens (tertiary/aromatic N) is 5. The standard InChI is InChI=1S/C17H19FN6O.ClH/c1-23-16-14(11-20-23)15(19-10-12-2-4-13(18)5-3-12)21-17(22-16)24-6-8-25-9-7-24;/h2-5,11H,6-10H2,1H3,(H,19,21,22);1H. The summed E-state index contributed by atoms with van der Waals surface area (Å²) < 4.78 is 20.2. The van der Waals surface area contributed by atoms with Gasteiger partial charge in [-0.15, -0.1) is 12.4 Å². The van der Waals surface area contributed by atoms with Crippen molar-refractivity contribution in [3.8, 4) is 0 Å². The fraction of sp³-hybridized carbons (Fsp3) is 0.353. The van der Waals surface area contributed by atoms with E-state index in [1.54, 1.807) is 23.0 Å². The molecule has 3 heterocycles. The summed E-state index contributed by atoms with van der Waals surface area (Å²) in [4.78, 5) is 11.5. The molecule has 4 rings (SSSR count). The molecule has 0 radical (unpaired) electrons. The number of anilines is 2. The van der Waals surface area contributed by atoms with Gasteiger partial charge in [0.1, 0.15) is 11.6 Å². The van der Waals surface area contributed by atoms with Gasteiger partial charge in [0.25, 0.3) is 0 Å². The number of aromatic nitrogens is 4. The SMILES string of the molecule is Cl.Cn1ncc2c(NCc3ccc(F)cc3)nc(N3CCOCC3)nc21. The third kappa shape index (κ3) is 3.71. The number of halogens is 2. The Hall–Kier alpha value is -2.45. The van der Waals surface area contributed by atoms with Gasteiger partial charge in [0, 0.05) is 26.7 Å². The molecule has 138 valence electrons. The number of aryl methyl sites for hydroxylation is 1. The van der Waals surface area contributed by atoms with Gasteiger partial charge in [-0.2, -0.15) is 15.1 Å². The molecule has 1 N–H and O–H groups in total. The van der Waals surface area contributed by atoms with Gasteiger partial charge in [-0.05, 0) is 17.7 Å². The zero-order chi connectivity index (χ0) is 17.2. The van der Waals surface area contributed by atoms with Gasteiger partial charge >= 0.3 is 0 Å². The highest BCUT2D eigenvalue weighted by molar-refractivity contribution is 5.87. The summed E-state index contributed by atoms with van der Waals surface area (Å²) in [5.74, 6) is 1.15. The molecule has 0 unspecified atom stereocenters. The van der Waals surface area contributed by atoms with Crippen molar-refractivity contribution in [2.24, 2.45) is 7.05 Å². The van der Waals surface area contributed by atoms with Crippen LogP contribution >= 0.6 is 12.4 Å². The zero-order valence-electron chi connectivity index (χ0n) is 14.4. The van der Waals surface area contributed by atoms with E-state index in [1.807, 2.05) is 7.05 Å². The average molecular weight is 379 g/mol. The van der Waals surface area contributed by atoms with E-state index in [1.165, 1.54) is 12.1 Å². The maximum Gasteiger partial charge on any atom is 0.229 e. The largest absolute Gasteiger partial charge is 0.378 e. The van der Waals surface area contributed by atoms with Crippen molar-refractivity contribution >= 4 is 35.2 Å². The van der Waals surface area contributed by atoms with E-state index < -0.39 is 0 Å². The van der Waals surface area contributed by atoms with Gasteiger partial charge in [-0.3, -0.25) is 4.68 Å². The quantitative estimate of drug-likeness (QED) is 0.751. The molecule has 0 atom stereocenters. The van der Waals surface area contributed by atoms with Crippen LogP contribution in [0.25, 0.3) is 11.0 Å². The molecule has 0 bridgehead atoms. The summed E-state index contributed by atoms with van der Waals surface area (Å²) in [6, 6.07) is 6.42. The number of benzene rings is 1. The normalized spacial score (nSPS) is 14.3. The molecule has 26 heavy (non-hydrogen) atoms. The topological polar surface area (TPSA) is 68.1 Å². The lowest BCUT2D eigenvalue weighted by Crippen LogP contribution is -2.37. The summed E-state index contributed by atoms with van der Waals surface area (Å²) in [6.07, 6.45) is 1.76. The van der Waals surface area contributed by atoms with E-state index in [4.69, 9.17) is 9.72 Å². The number of nitrogens with one attached hydrogen (secondary N) is 1. The lowest BCUT2D eigenvalue weighted by atomic mass is 10.2. The second-order valence-corrected chi connectivity index (χ2v) is 5.96. The van der Waals surface area contributed by atoms with Crippen molar-refractivity contribution in [2.75, 3.05) is 36.5 Å². The molecule has 1 saturated heterocycles. The molecule has 0 saturated carbocycles. The predicted octanol–water partition coefficient (Wildman–Crippen LogP) is 2.37. The van der Waals surface area contributed by atoms with Crippen molar-refractivity contribution in [3.05, 3.63) is 41.8 Å². The fourth-order valence-electron chi connectivity index (χ4n) is 2.84. The number of rotatable bonds is 4. The van der Waals surface area contributed by atoms with Crippen LogP contribution in [0, 0.1) is 5.82 Å². The van der Waals surface area contributed by atoms with Crippen molar-refractivity contribution in [2.45, 2.75) is 6.54 Å². The third-order valence-corrected chi connectivity index (χ3v) is 4.25. The Morgan fingerprint density at radius 2 is 1.88 bits per heavy atom. The Balaban J connectivity index is 0.00000196. The molecule has 1 fully saturated rings. The number of ether oxygens (including phenoxy) is 1. The second kappa shape index (κ2) is 7.84. The first-order valence-corrected chi connectivity index (χ1v) is 8.21. The predicted molar refractivity (Wildman–Crippen MR) is 100 cm³/mol. The van der Waals surface area contributed by atoms with Gasteiger partial charge < -0.3 is 15.0 Å². The first kappa shape index (κ1) is 18.3. The molecule has 3 aromatic rings. The van der Waals surface area contributed by atoms with E-state index in [-0.39, 0.29) is 18.2 Å². The highest BCUT2D eigenvalue weighted by Gasteiger charge is 2.18. The number of hydrogen-bond donors (Lipinski definition) is 1. The number of hydrogen-bond acceptors (Lipinski definition) is 6. The van der Waals surface area contributed by atoms with Crippen molar-refractivity contribution in [1.29, 1.82) is 0 Å². The molecule has 2 aromatic heterocycles. The highest BCUT2D eigenvalue weighted by atomic mass is 35.5. The van der Waals surface area contributed by atoms with E-state index in [2.05, 4.69) is 20.3 Å². The Morgan fingerprint density at radius 1 is 1.15 bits per heavy atom. The Bertz CT molecular complexity index is 879. The van der Waals surface area contributed by atoms with Crippen LogP contribution in [-0.2, 0) is 18.3 Å². The van der Waals surface area contributed by atoms with Crippen LogP contribution in [0.15, 0.2) is 30.5 Å². The number of morpholine rings is 1. The van der Waals surface area contributed by atoms with Gasteiger partial charge in [0.05, 0.1) is 24.8 Å². The molecular formula is C17H20ClFN6O. The molecule has 0 spiro atoms. The van der Waals surface area contributed by atoms with E-state index in [0.717, 1.165) is 35.5 Å². The van der Waals surface area contributed by atoms with Gasteiger partial charge in [0.2, 0.25) is 5.95 Å². The minimum Gasteiger partial charge on any atom is -0.378 e. The van der Waals surface area contributed by atoms with Gasteiger partial charge in [-0.25, -0.2) is 4.39 Å². The molecule has 7 nitrogen and oxygen atoms in total. The van der Waals surface area contributed by atoms with Crippen LogP contribution in [-0.4, -0.2) is 46.1 Å². The van der Waals surface area contributed by atoms with Crippen molar-refractivity contribution < 1.29 is 9.13 Å². The lowest BCUT2D eigenvalue weighted by Gasteiger charge is -2.27. The molecule has 0 aliphatic carbocycles. The van der Waals surface area contributed by atoms with E-state index >= 15 is 0 Å². The second-order valence-electron chi connectivity index (χ2n) is 5.96. The van der Waals surface area contributed by atoms with E-state index in [9.17, 15) is 4.39 Å². The zero-order valence-corrected chi connectivity index (χ0v) is 15.2. The minimum absolute atomic E-state index is 0. The summed E-state index contributed by atoms with van der Waals surface area (Å²) >= 11 is 0. The summed E-state index contributed by atoms with van der Waals surface area (Å²) in [6.45, 7) is 3.42. The van der Waals surface area contributed by atoms with Crippen LogP contribution in [0.3, 0.4) is 0 Å². The molecule has 0 amide bonds. The van der Waals surface area contributed by atoms with Crippen LogP contribution in [0.4, 0.5) is 16.2 Å². The van der Waals surface area contributed by atoms with Gasteiger partial charge in [-0.1, -0.05) is 12.1 Å². The fourth-order valence-corrected chi connectivity index (χ4v) is 2.84. The molecule has 1 aliphatic heterocycles. The monoisotopic (exact) mass is 378 g/mol. The smallest absolute Gasteiger partial charge is 0.229 e. The first-order chi connectivity index (χ1) is 12.2. The Labute approximate surface area is 156 Å². The van der Waals surface area contributed by atoms with Crippen LogP contribution < -0.4 is 10.2 Å². The van der Waals surface area contributed by atoms with Crippen molar-refractivity contribution in [3.63, 3.8) is 0 Å². The van der Waals surface area contributed by atoms with Crippen molar-refractivity contribution in [1.82, 2.24) is 19.7 Å². The highest BCUT2D eigenvalue weighted by Crippen LogP contribution is 2.24. The molecule has 1 aliphatic rings. The van der Waals surface area contributed by atoms with E-state index in [0.29, 0.717) is 25.7 Å². The maximum atomic E-state index is 13.1. The molecule has 1 aromatic carbocycles. The maximum absolute atomic E-state index is 13.1.